The number of aliphatic carboxylic acids is 1. The highest BCUT2D eigenvalue weighted by molar-refractivity contribution is 9.10. The van der Waals surface area contributed by atoms with Crippen LogP contribution < -0.4 is 10.6 Å². The highest BCUT2D eigenvalue weighted by Crippen LogP contribution is 2.26. The molecule has 1 aliphatic carbocycles. The van der Waals surface area contributed by atoms with E-state index in [2.05, 4.69) is 26.6 Å². The van der Waals surface area contributed by atoms with Gasteiger partial charge in [-0.3, -0.25) is 9.69 Å². The SMILES string of the molecule is CCN(CC(=O)O)C1CC(NC(=O)NC(C)c2ccccc2Br)C1. The molecule has 2 rings (SSSR count). The Labute approximate surface area is 150 Å². The van der Waals surface area contributed by atoms with Crippen LogP contribution in [0.4, 0.5) is 4.79 Å². The van der Waals surface area contributed by atoms with Crippen LogP contribution in [0.2, 0.25) is 0 Å². The molecule has 1 saturated carbocycles. The number of hydrogen-bond acceptors (Lipinski definition) is 3. The molecule has 0 bridgehead atoms. The molecule has 3 N–H and O–H groups in total. The van der Waals surface area contributed by atoms with E-state index in [1.807, 2.05) is 43.0 Å². The first-order valence-corrected chi connectivity index (χ1v) is 8.97. The lowest BCUT2D eigenvalue weighted by molar-refractivity contribution is -0.139. The lowest BCUT2D eigenvalue weighted by Gasteiger charge is -2.42. The number of nitrogens with zero attached hydrogens (tertiary/aromatic N) is 1. The van der Waals surface area contributed by atoms with Gasteiger partial charge in [0.15, 0.2) is 0 Å². The van der Waals surface area contributed by atoms with Crippen LogP contribution in [-0.2, 0) is 4.79 Å². The average Bonchev–Trinajstić information content (AvgIpc) is 2.48. The van der Waals surface area contributed by atoms with Crippen molar-refractivity contribution in [2.24, 2.45) is 0 Å². The molecule has 0 aromatic heterocycles. The number of carboxylic acid groups (broad SMARTS) is 1. The second-order valence-corrected chi connectivity index (χ2v) is 6.99. The van der Waals surface area contributed by atoms with Crippen LogP contribution in [-0.4, -0.2) is 47.2 Å². The molecular weight excluding hydrogens is 374 g/mol. The first-order valence-electron chi connectivity index (χ1n) is 8.18. The maximum Gasteiger partial charge on any atom is 0.317 e. The number of carbonyl (C=O) groups excluding carboxylic acids is 1. The van der Waals surface area contributed by atoms with Crippen molar-refractivity contribution in [3.63, 3.8) is 0 Å². The smallest absolute Gasteiger partial charge is 0.317 e. The van der Waals surface area contributed by atoms with Crippen molar-refractivity contribution >= 4 is 27.9 Å². The molecular formula is C17H24BrN3O3. The van der Waals surface area contributed by atoms with Gasteiger partial charge in [0.25, 0.3) is 0 Å². The number of carbonyl (C=O) groups is 2. The van der Waals surface area contributed by atoms with Crippen LogP contribution in [0, 0.1) is 0 Å². The van der Waals surface area contributed by atoms with Crippen molar-refractivity contribution in [2.45, 2.75) is 44.8 Å². The maximum absolute atomic E-state index is 12.1. The molecule has 132 valence electrons. The molecule has 1 aliphatic rings. The summed E-state index contributed by atoms with van der Waals surface area (Å²) in [6.45, 7) is 4.65. The van der Waals surface area contributed by atoms with E-state index in [-0.39, 0.29) is 30.7 Å². The fourth-order valence-corrected chi connectivity index (χ4v) is 3.63. The summed E-state index contributed by atoms with van der Waals surface area (Å²) in [6, 6.07) is 7.84. The van der Waals surface area contributed by atoms with Crippen LogP contribution >= 0.6 is 15.9 Å². The zero-order chi connectivity index (χ0) is 17.7. The number of amides is 2. The molecule has 0 aliphatic heterocycles. The second-order valence-electron chi connectivity index (χ2n) is 6.14. The molecule has 6 nitrogen and oxygen atoms in total. The standard InChI is InChI=1S/C17H24BrN3O3/c1-3-21(10-16(22)23)13-8-12(9-13)20-17(24)19-11(2)14-6-4-5-7-15(14)18/h4-7,11-13H,3,8-10H2,1-2H3,(H,22,23)(H2,19,20,24). The highest BCUT2D eigenvalue weighted by Gasteiger charge is 2.34. The largest absolute Gasteiger partial charge is 0.480 e. The molecule has 1 aromatic carbocycles. The van der Waals surface area contributed by atoms with Gasteiger partial charge in [-0.05, 0) is 37.9 Å². The maximum atomic E-state index is 12.1. The van der Waals surface area contributed by atoms with E-state index in [1.54, 1.807) is 0 Å². The summed E-state index contributed by atoms with van der Waals surface area (Å²) in [5.74, 6) is -0.812. The van der Waals surface area contributed by atoms with E-state index in [0.29, 0.717) is 6.54 Å². The molecule has 0 spiro atoms. The highest BCUT2D eigenvalue weighted by atomic mass is 79.9. The topological polar surface area (TPSA) is 81.7 Å². The summed E-state index contributed by atoms with van der Waals surface area (Å²) in [5.41, 5.74) is 1.03. The summed E-state index contributed by atoms with van der Waals surface area (Å²) >= 11 is 3.49. The fourth-order valence-electron chi connectivity index (χ4n) is 3.00. The Hall–Kier alpha value is -1.60. The fraction of sp³-hybridized carbons (Fsp3) is 0.529. The van der Waals surface area contributed by atoms with Gasteiger partial charge >= 0.3 is 12.0 Å². The van der Waals surface area contributed by atoms with Crippen molar-refractivity contribution in [1.82, 2.24) is 15.5 Å². The minimum absolute atomic E-state index is 0.0547. The zero-order valence-corrected chi connectivity index (χ0v) is 15.5. The van der Waals surface area contributed by atoms with Gasteiger partial charge in [-0.2, -0.15) is 0 Å². The zero-order valence-electron chi connectivity index (χ0n) is 14.0. The minimum atomic E-state index is -0.812. The predicted octanol–water partition coefficient (Wildman–Crippen LogP) is 2.75. The number of halogens is 1. The van der Waals surface area contributed by atoms with Gasteiger partial charge in [0.05, 0.1) is 12.6 Å². The molecule has 1 unspecified atom stereocenters. The molecule has 0 heterocycles. The minimum Gasteiger partial charge on any atom is -0.480 e. The van der Waals surface area contributed by atoms with E-state index in [9.17, 15) is 9.59 Å². The Kier molecular flexibility index (Phi) is 6.62. The van der Waals surface area contributed by atoms with Crippen LogP contribution in [0.1, 0.15) is 38.3 Å². The third-order valence-electron chi connectivity index (χ3n) is 4.43. The number of hydrogen-bond donors (Lipinski definition) is 3. The van der Waals surface area contributed by atoms with Crippen LogP contribution in [0.25, 0.3) is 0 Å². The number of rotatable bonds is 7. The first-order chi connectivity index (χ1) is 11.4. The predicted molar refractivity (Wildman–Crippen MR) is 95.9 cm³/mol. The van der Waals surface area contributed by atoms with Gasteiger partial charge in [0, 0.05) is 16.6 Å². The molecule has 7 heteroatoms. The Morgan fingerprint density at radius 3 is 2.62 bits per heavy atom. The van der Waals surface area contributed by atoms with Gasteiger partial charge in [-0.25, -0.2) is 4.79 Å². The number of urea groups is 1. The Balaban J connectivity index is 1.76. The molecule has 1 aromatic rings. The van der Waals surface area contributed by atoms with Crippen molar-refractivity contribution < 1.29 is 14.7 Å². The van der Waals surface area contributed by atoms with Gasteiger partial charge in [0.2, 0.25) is 0 Å². The van der Waals surface area contributed by atoms with E-state index in [1.165, 1.54) is 0 Å². The Morgan fingerprint density at radius 1 is 1.38 bits per heavy atom. The molecule has 24 heavy (non-hydrogen) atoms. The van der Waals surface area contributed by atoms with Gasteiger partial charge in [-0.1, -0.05) is 41.1 Å². The van der Waals surface area contributed by atoms with E-state index < -0.39 is 5.97 Å². The summed E-state index contributed by atoms with van der Waals surface area (Å²) in [6.07, 6.45) is 1.58. The molecule has 0 saturated heterocycles. The number of likely N-dealkylation sites (N-methyl/N-ethyl adjacent to an activating group) is 1. The third-order valence-corrected chi connectivity index (χ3v) is 5.15. The van der Waals surface area contributed by atoms with Crippen molar-refractivity contribution in [3.8, 4) is 0 Å². The van der Waals surface area contributed by atoms with Crippen LogP contribution in [0.15, 0.2) is 28.7 Å². The average molecular weight is 398 g/mol. The van der Waals surface area contributed by atoms with Crippen molar-refractivity contribution in [3.05, 3.63) is 34.3 Å². The molecule has 0 radical (unpaired) electrons. The van der Waals surface area contributed by atoms with Gasteiger partial charge in [0.1, 0.15) is 0 Å². The molecule has 2 amide bonds. The summed E-state index contributed by atoms with van der Waals surface area (Å²) in [4.78, 5) is 24.9. The van der Waals surface area contributed by atoms with Gasteiger partial charge in [-0.15, -0.1) is 0 Å². The van der Waals surface area contributed by atoms with Crippen LogP contribution in [0.3, 0.4) is 0 Å². The van der Waals surface area contributed by atoms with Gasteiger partial charge < -0.3 is 15.7 Å². The van der Waals surface area contributed by atoms with E-state index in [4.69, 9.17) is 5.11 Å². The quantitative estimate of drug-likeness (QED) is 0.660. The molecule has 1 atom stereocenters. The number of nitrogens with one attached hydrogen (secondary N) is 2. The van der Waals surface area contributed by atoms with Crippen molar-refractivity contribution in [1.29, 1.82) is 0 Å². The number of carboxylic acids is 1. The lowest BCUT2D eigenvalue weighted by Crippen LogP contribution is -2.56. The number of benzene rings is 1. The molecule has 1 fully saturated rings. The summed E-state index contributed by atoms with van der Waals surface area (Å²) < 4.78 is 0.966. The lowest BCUT2D eigenvalue weighted by atomic mass is 9.85. The third kappa shape index (κ3) is 4.95. The normalized spacial score (nSPS) is 21.0. The Morgan fingerprint density at radius 2 is 2.04 bits per heavy atom. The van der Waals surface area contributed by atoms with E-state index in [0.717, 1.165) is 22.9 Å². The summed E-state index contributed by atoms with van der Waals surface area (Å²) in [5, 5.41) is 14.8. The Bertz CT molecular complexity index is 590. The van der Waals surface area contributed by atoms with E-state index >= 15 is 0 Å². The van der Waals surface area contributed by atoms with Crippen LogP contribution in [0.5, 0.6) is 0 Å². The first kappa shape index (κ1) is 18.7. The monoisotopic (exact) mass is 397 g/mol. The summed E-state index contributed by atoms with van der Waals surface area (Å²) in [7, 11) is 0. The van der Waals surface area contributed by atoms with Crippen molar-refractivity contribution in [2.75, 3.05) is 13.1 Å². The second kappa shape index (κ2) is 8.48.